The maximum atomic E-state index is 12.6. The Kier molecular flexibility index (Phi) is 8.51. The molecular formula is C16H7BaCl3N2O7S2. The van der Waals surface area contributed by atoms with Crippen molar-refractivity contribution >= 4 is 126 Å². The molecule has 3 aromatic carbocycles. The van der Waals surface area contributed by atoms with Crippen molar-refractivity contribution in [1.29, 1.82) is 0 Å². The van der Waals surface area contributed by atoms with Crippen molar-refractivity contribution in [2.24, 2.45) is 10.2 Å². The van der Waals surface area contributed by atoms with Crippen LogP contribution in [0.2, 0.25) is 15.1 Å². The summed E-state index contributed by atoms with van der Waals surface area (Å²) >= 11 is 17.7. The Bertz CT molecular complexity index is 1450. The largest absolute Gasteiger partial charge is 2.00 e. The van der Waals surface area contributed by atoms with Gasteiger partial charge in [-0.25, -0.2) is 8.42 Å². The first-order valence-corrected chi connectivity index (χ1v) is 11.5. The van der Waals surface area contributed by atoms with Gasteiger partial charge in [-0.3, -0.25) is 4.55 Å². The Hall–Kier alpha value is -0.419. The molecule has 0 atom stereocenters. The van der Waals surface area contributed by atoms with E-state index in [9.17, 15) is 31.0 Å². The van der Waals surface area contributed by atoms with E-state index in [4.69, 9.17) is 34.8 Å². The molecule has 0 saturated heterocycles. The molecule has 3 rings (SSSR count). The van der Waals surface area contributed by atoms with Crippen molar-refractivity contribution in [3.05, 3.63) is 51.5 Å². The van der Waals surface area contributed by atoms with Crippen molar-refractivity contribution in [2.75, 3.05) is 0 Å². The van der Waals surface area contributed by atoms with Crippen LogP contribution in [0.25, 0.3) is 10.8 Å². The summed E-state index contributed by atoms with van der Waals surface area (Å²) in [5, 5.41) is 20.1. The Morgan fingerprint density at radius 2 is 1.48 bits per heavy atom. The molecule has 0 aliphatic rings. The van der Waals surface area contributed by atoms with Gasteiger partial charge in [0.2, 0.25) is 0 Å². The zero-order valence-electron chi connectivity index (χ0n) is 14.9. The van der Waals surface area contributed by atoms with E-state index in [1.807, 2.05) is 0 Å². The molecule has 0 unspecified atom stereocenters. The number of hydrogen-bond acceptors (Lipinski definition) is 8. The van der Waals surface area contributed by atoms with Gasteiger partial charge in [0.05, 0.1) is 30.5 Å². The second kappa shape index (κ2) is 9.83. The number of azo groups is 1. The summed E-state index contributed by atoms with van der Waals surface area (Å²) in [7, 11) is -9.88. The van der Waals surface area contributed by atoms with E-state index in [1.165, 1.54) is 12.1 Å². The molecule has 0 heterocycles. The molecule has 0 aromatic heterocycles. The molecule has 0 amide bonds. The molecular weight excluding hydrogens is 640 g/mol. The minimum absolute atomic E-state index is 0. The molecule has 9 nitrogen and oxygen atoms in total. The Balaban J connectivity index is 0.00000341. The maximum Gasteiger partial charge on any atom is 2.00 e. The normalized spacial score (nSPS) is 12.3. The van der Waals surface area contributed by atoms with Gasteiger partial charge in [0.25, 0.3) is 10.1 Å². The van der Waals surface area contributed by atoms with Crippen LogP contribution in [0.3, 0.4) is 0 Å². The molecule has 3 aromatic rings. The van der Waals surface area contributed by atoms with Crippen molar-refractivity contribution < 1.29 is 31.0 Å². The van der Waals surface area contributed by atoms with Crippen LogP contribution < -0.4 is 5.11 Å². The molecule has 0 radical (unpaired) electrons. The second-order valence-electron chi connectivity index (χ2n) is 5.78. The molecule has 15 heteroatoms. The van der Waals surface area contributed by atoms with E-state index >= 15 is 0 Å². The number of halogens is 3. The van der Waals surface area contributed by atoms with Crippen LogP contribution in [-0.2, 0) is 20.2 Å². The van der Waals surface area contributed by atoms with Crippen LogP contribution in [0, 0.1) is 0 Å². The molecule has 0 saturated carbocycles. The van der Waals surface area contributed by atoms with Gasteiger partial charge in [0.1, 0.15) is 15.8 Å². The van der Waals surface area contributed by atoms with Gasteiger partial charge in [0, 0.05) is 5.39 Å². The molecule has 0 aliphatic carbocycles. The minimum Gasteiger partial charge on any atom is -0.870 e. The number of rotatable bonds is 4. The number of fused-ring (bicyclic) bond motifs is 1. The number of nitrogens with zero attached hydrogens (tertiary/aromatic N) is 2. The fraction of sp³-hybridized carbons (Fsp3) is 0. The molecule has 1 N–H and O–H groups in total. The predicted molar refractivity (Wildman–Crippen MR) is 113 cm³/mol. The van der Waals surface area contributed by atoms with Gasteiger partial charge in [-0.15, -0.1) is 5.11 Å². The molecule has 0 aliphatic heterocycles. The zero-order valence-corrected chi connectivity index (χ0v) is 23.3. The van der Waals surface area contributed by atoms with Crippen LogP contribution in [0.4, 0.5) is 11.4 Å². The van der Waals surface area contributed by atoms with Crippen LogP contribution in [0.5, 0.6) is 5.75 Å². The van der Waals surface area contributed by atoms with Crippen LogP contribution in [-0.4, -0.2) is 74.8 Å². The van der Waals surface area contributed by atoms with Crippen molar-refractivity contribution in [1.82, 2.24) is 0 Å². The Labute approximate surface area is 231 Å². The van der Waals surface area contributed by atoms with Crippen molar-refractivity contribution in [2.45, 2.75) is 9.79 Å². The van der Waals surface area contributed by atoms with Crippen LogP contribution in [0.1, 0.15) is 0 Å². The van der Waals surface area contributed by atoms with E-state index < -0.39 is 41.5 Å². The van der Waals surface area contributed by atoms with Crippen molar-refractivity contribution in [3.8, 4) is 5.75 Å². The molecule has 0 fully saturated rings. The molecule has 0 bridgehead atoms. The number of benzene rings is 3. The molecule has 31 heavy (non-hydrogen) atoms. The third kappa shape index (κ3) is 5.93. The average molecular weight is 647 g/mol. The summed E-state index contributed by atoms with van der Waals surface area (Å²) in [6, 6.07) is 6.10. The quantitative estimate of drug-likeness (QED) is 0.194. The second-order valence-corrected chi connectivity index (χ2v) is 9.77. The number of hydrogen-bond donors (Lipinski definition) is 1. The van der Waals surface area contributed by atoms with Crippen LogP contribution >= 0.6 is 34.8 Å². The van der Waals surface area contributed by atoms with E-state index in [2.05, 4.69) is 10.2 Å². The van der Waals surface area contributed by atoms with Gasteiger partial charge >= 0.3 is 48.9 Å². The fourth-order valence-electron chi connectivity index (χ4n) is 2.46. The van der Waals surface area contributed by atoms with E-state index in [1.54, 1.807) is 0 Å². The summed E-state index contributed by atoms with van der Waals surface area (Å²) in [4.78, 5) is -1.75. The van der Waals surface area contributed by atoms with Gasteiger partial charge in [-0.1, -0.05) is 46.6 Å². The van der Waals surface area contributed by atoms with E-state index in [0.29, 0.717) is 0 Å². The van der Waals surface area contributed by atoms with E-state index in [0.717, 1.165) is 24.3 Å². The monoisotopic (exact) mass is 646 g/mol. The Morgan fingerprint density at radius 1 is 0.871 bits per heavy atom. The standard InChI is InChI=1S/C16H9Cl3N2O7S2.Ba/c17-10-5-12(19)13(6-11(10)18)20-21-15-9-2-1-8(29(23,24)25)3-7(9)4-14(16(15)22)30(26,27)28;/h1-6,22H,(H,23,24,25)(H,26,27,28);/q;+2/p-2. The Morgan fingerprint density at radius 3 is 2.06 bits per heavy atom. The zero-order chi connectivity index (χ0) is 22.4. The summed E-state index contributed by atoms with van der Waals surface area (Å²) in [5.41, 5.74) is -0.549. The first-order valence-electron chi connectivity index (χ1n) is 7.56. The third-order valence-electron chi connectivity index (χ3n) is 3.82. The molecule has 158 valence electrons. The smallest absolute Gasteiger partial charge is 0.870 e. The summed E-state index contributed by atoms with van der Waals surface area (Å²) in [6.45, 7) is 0. The van der Waals surface area contributed by atoms with Gasteiger partial charge in [-0.2, -0.15) is 13.5 Å². The molecule has 0 spiro atoms. The van der Waals surface area contributed by atoms with Crippen LogP contribution in [0.15, 0.2) is 56.4 Å². The first kappa shape index (κ1) is 26.8. The van der Waals surface area contributed by atoms with E-state index in [-0.39, 0.29) is 80.4 Å². The summed E-state index contributed by atoms with van der Waals surface area (Å²) in [5.74, 6) is -1.21. The first-order chi connectivity index (χ1) is 13.8. The maximum absolute atomic E-state index is 12.6. The summed E-state index contributed by atoms with van der Waals surface area (Å²) < 4.78 is 66.3. The van der Waals surface area contributed by atoms with Gasteiger partial charge in [0.15, 0.2) is 0 Å². The minimum atomic E-state index is -5.01. The van der Waals surface area contributed by atoms with Gasteiger partial charge < -0.3 is 9.66 Å². The summed E-state index contributed by atoms with van der Waals surface area (Å²) in [6.07, 6.45) is 0. The average Bonchev–Trinajstić information content (AvgIpc) is 2.62. The van der Waals surface area contributed by atoms with Crippen molar-refractivity contribution in [3.63, 3.8) is 0 Å². The fourth-order valence-corrected chi connectivity index (χ4v) is 4.15. The topological polar surface area (TPSA) is 159 Å². The SMILES string of the molecule is O=S(=O)([O-])c1ccc2c(N=Nc3cc(Cl)c(Cl)cc3Cl)c([O-])c(S(=O)(=O)O)cc2c1.[Ba+2]. The predicted octanol–water partition coefficient (Wildman–Crippen LogP) is 4.06. The van der Waals surface area contributed by atoms with Gasteiger partial charge in [-0.05, 0) is 35.7 Å². The third-order valence-corrected chi connectivity index (χ3v) is 6.53.